The van der Waals surface area contributed by atoms with Crippen LogP contribution in [0, 0.1) is 0 Å². The Balaban J connectivity index is 1.29. The maximum absolute atomic E-state index is 12.5. The van der Waals surface area contributed by atoms with Crippen LogP contribution in [0.1, 0.15) is 37.9 Å². The normalized spacial score (nSPS) is 18.1. The molecule has 1 aliphatic carbocycles. The fourth-order valence-electron chi connectivity index (χ4n) is 4.19. The molecule has 0 atom stereocenters. The molecular weight excluding hydrogens is 398 g/mol. The zero-order chi connectivity index (χ0) is 21.6. The fraction of sp³-hybridized carbons (Fsp3) is 0.591. The summed E-state index contributed by atoms with van der Waals surface area (Å²) in [6, 6.07) is 5.88. The van der Waals surface area contributed by atoms with Gasteiger partial charge < -0.3 is 24.2 Å². The van der Waals surface area contributed by atoms with Crippen LogP contribution in [0.15, 0.2) is 22.7 Å². The zero-order valence-electron chi connectivity index (χ0n) is 18.3. The highest BCUT2D eigenvalue weighted by molar-refractivity contribution is 5.74. The molecule has 1 aromatic carbocycles. The molecule has 4 rings (SSSR count). The quantitative estimate of drug-likeness (QED) is 0.755. The number of ether oxygens (including phenoxy) is 2. The van der Waals surface area contributed by atoms with Crippen LogP contribution >= 0.6 is 0 Å². The highest BCUT2D eigenvalue weighted by atomic mass is 16.5. The van der Waals surface area contributed by atoms with Crippen molar-refractivity contribution in [3.05, 3.63) is 24.0 Å². The largest absolute Gasteiger partial charge is 0.497 e. The molecule has 0 spiro atoms. The minimum atomic E-state index is 0.0698. The molecular formula is C22H31N5O4. The first kappa shape index (κ1) is 21.4. The second kappa shape index (κ2) is 10.00. The highest BCUT2D eigenvalue weighted by Gasteiger charge is 2.25. The van der Waals surface area contributed by atoms with Gasteiger partial charge in [0.2, 0.25) is 0 Å². The molecule has 2 amide bonds. The molecule has 168 valence electrons. The van der Waals surface area contributed by atoms with Crippen molar-refractivity contribution in [2.75, 3.05) is 40.4 Å². The van der Waals surface area contributed by atoms with Gasteiger partial charge in [-0.3, -0.25) is 4.90 Å². The van der Waals surface area contributed by atoms with E-state index in [0.29, 0.717) is 48.9 Å². The molecule has 0 unspecified atom stereocenters. The van der Waals surface area contributed by atoms with E-state index in [0.717, 1.165) is 31.5 Å². The second-order valence-electron chi connectivity index (χ2n) is 8.16. The lowest BCUT2D eigenvalue weighted by molar-refractivity contribution is 0.129. The predicted octanol–water partition coefficient (Wildman–Crippen LogP) is 2.91. The Labute approximate surface area is 182 Å². The van der Waals surface area contributed by atoms with Crippen LogP contribution in [0.25, 0.3) is 11.5 Å². The molecule has 1 aliphatic heterocycles. The van der Waals surface area contributed by atoms with E-state index >= 15 is 0 Å². The first-order valence-corrected chi connectivity index (χ1v) is 11.0. The summed E-state index contributed by atoms with van der Waals surface area (Å²) in [6.07, 6.45) is 5.92. The molecule has 1 N–H and O–H groups in total. The number of rotatable bonds is 6. The smallest absolute Gasteiger partial charge is 0.317 e. The van der Waals surface area contributed by atoms with Crippen LogP contribution in [-0.4, -0.2) is 72.4 Å². The Kier molecular flexibility index (Phi) is 6.91. The predicted molar refractivity (Wildman–Crippen MR) is 115 cm³/mol. The van der Waals surface area contributed by atoms with Gasteiger partial charge in [0.05, 0.1) is 20.8 Å². The number of hydrogen-bond acceptors (Lipinski definition) is 7. The van der Waals surface area contributed by atoms with E-state index in [1.165, 1.54) is 19.3 Å². The van der Waals surface area contributed by atoms with Crippen LogP contribution in [0.4, 0.5) is 4.79 Å². The Hall–Kier alpha value is -2.81. The minimum Gasteiger partial charge on any atom is -0.497 e. The van der Waals surface area contributed by atoms with Crippen molar-refractivity contribution in [2.45, 2.75) is 44.7 Å². The summed E-state index contributed by atoms with van der Waals surface area (Å²) >= 11 is 0. The van der Waals surface area contributed by atoms with Crippen molar-refractivity contribution in [3.8, 4) is 23.0 Å². The van der Waals surface area contributed by atoms with Crippen LogP contribution in [0.2, 0.25) is 0 Å². The standard InChI is InChI=1S/C22H31N5O4/c1-29-18-12-16(13-19(14-18)30-2)21-24-20(25-31-21)15-26-8-10-27(11-9-26)22(28)23-17-6-4-3-5-7-17/h12-14,17H,3-11,15H2,1-2H3,(H,23,28). The molecule has 2 fully saturated rings. The number of benzene rings is 1. The molecule has 0 bridgehead atoms. The van der Waals surface area contributed by atoms with Crippen molar-refractivity contribution in [1.29, 1.82) is 0 Å². The summed E-state index contributed by atoms with van der Waals surface area (Å²) in [5.41, 5.74) is 0.749. The average molecular weight is 430 g/mol. The summed E-state index contributed by atoms with van der Waals surface area (Å²) in [7, 11) is 3.21. The number of nitrogens with zero attached hydrogens (tertiary/aromatic N) is 4. The lowest BCUT2D eigenvalue weighted by atomic mass is 9.96. The maximum atomic E-state index is 12.5. The molecule has 2 aromatic rings. The van der Waals surface area contributed by atoms with Crippen LogP contribution in [0.5, 0.6) is 11.5 Å². The lowest BCUT2D eigenvalue weighted by Gasteiger charge is -2.35. The molecule has 1 saturated heterocycles. The SMILES string of the molecule is COc1cc(OC)cc(-c2nc(CN3CCN(C(=O)NC4CCCCC4)CC3)no2)c1. The number of piperazine rings is 1. The topological polar surface area (TPSA) is 93.0 Å². The van der Waals surface area contributed by atoms with Crippen molar-refractivity contribution in [3.63, 3.8) is 0 Å². The lowest BCUT2D eigenvalue weighted by Crippen LogP contribution is -2.53. The highest BCUT2D eigenvalue weighted by Crippen LogP contribution is 2.29. The van der Waals surface area contributed by atoms with Gasteiger partial charge >= 0.3 is 6.03 Å². The number of urea groups is 1. The molecule has 31 heavy (non-hydrogen) atoms. The number of amides is 2. The molecule has 1 aromatic heterocycles. The van der Waals surface area contributed by atoms with Crippen LogP contribution in [-0.2, 0) is 6.54 Å². The van der Waals surface area contributed by atoms with Gasteiger partial charge in [0, 0.05) is 43.9 Å². The minimum absolute atomic E-state index is 0.0698. The fourth-order valence-corrected chi connectivity index (χ4v) is 4.19. The van der Waals surface area contributed by atoms with Crippen molar-refractivity contribution in [2.24, 2.45) is 0 Å². The number of hydrogen-bond donors (Lipinski definition) is 1. The number of nitrogens with one attached hydrogen (secondary N) is 1. The van der Waals surface area contributed by atoms with E-state index in [1.807, 2.05) is 17.0 Å². The summed E-state index contributed by atoms with van der Waals surface area (Å²) in [6.45, 7) is 3.57. The van der Waals surface area contributed by atoms with Gasteiger partial charge in [0.1, 0.15) is 11.5 Å². The maximum Gasteiger partial charge on any atom is 0.317 e. The van der Waals surface area contributed by atoms with E-state index in [2.05, 4.69) is 20.4 Å². The van der Waals surface area contributed by atoms with E-state index in [4.69, 9.17) is 14.0 Å². The van der Waals surface area contributed by atoms with Gasteiger partial charge in [0.25, 0.3) is 5.89 Å². The van der Waals surface area contributed by atoms with E-state index in [1.54, 1.807) is 20.3 Å². The van der Waals surface area contributed by atoms with Crippen molar-refractivity contribution in [1.82, 2.24) is 25.3 Å². The Morgan fingerprint density at radius 3 is 2.39 bits per heavy atom. The summed E-state index contributed by atoms with van der Waals surface area (Å²) in [5.74, 6) is 2.38. The molecule has 0 radical (unpaired) electrons. The average Bonchev–Trinajstić information content (AvgIpc) is 3.28. The Bertz CT molecular complexity index is 850. The summed E-state index contributed by atoms with van der Waals surface area (Å²) < 4.78 is 16.1. The summed E-state index contributed by atoms with van der Waals surface area (Å²) in [5, 5.41) is 7.33. The summed E-state index contributed by atoms with van der Waals surface area (Å²) in [4.78, 5) is 21.2. The number of aromatic nitrogens is 2. The third-order valence-corrected chi connectivity index (χ3v) is 6.02. The Morgan fingerprint density at radius 1 is 1.06 bits per heavy atom. The van der Waals surface area contributed by atoms with Crippen molar-refractivity contribution < 1.29 is 18.8 Å². The van der Waals surface area contributed by atoms with E-state index in [-0.39, 0.29) is 6.03 Å². The van der Waals surface area contributed by atoms with Gasteiger partial charge in [-0.15, -0.1) is 0 Å². The van der Waals surface area contributed by atoms with E-state index in [9.17, 15) is 4.79 Å². The van der Waals surface area contributed by atoms with Gasteiger partial charge in [-0.2, -0.15) is 4.98 Å². The van der Waals surface area contributed by atoms with Gasteiger partial charge in [-0.05, 0) is 25.0 Å². The molecule has 2 heterocycles. The Morgan fingerprint density at radius 2 is 1.74 bits per heavy atom. The number of methoxy groups -OCH3 is 2. The monoisotopic (exact) mass is 429 g/mol. The van der Waals surface area contributed by atoms with Gasteiger partial charge in [-0.25, -0.2) is 4.79 Å². The van der Waals surface area contributed by atoms with Gasteiger partial charge in [0.15, 0.2) is 5.82 Å². The first-order chi connectivity index (χ1) is 15.1. The molecule has 9 nitrogen and oxygen atoms in total. The second-order valence-corrected chi connectivity index (χ2v) is 8.16. The molecule has 9 heteroatoms. The molecule has 1 saturated carbocycles. The van der Waals surface area contributed by atoms with Gasteiger partial charge in [-0.1, -0.05) is 24.4 Å². The van der Waals surface area contributed by atoms with Crippen molar-refractivity contribution >= 4 is 6.03 Å². The number of carbonyl (C=O) groups is 1. The van der Waals surface area contributed by atoms with Crippen LogP contribution < -0.4 is 14.8 Å². The third-order valence-electron chi connectivity index (χ3n) is 6.02. The van der Waals surface area contributed by atoms with Crippen LogP contribution in [0.3, 0.4) is 0 Å². The zero-order valence-corrected chi connectivity index (χ0v) is 18.3. The third kappa shape index (κ3) is 5.46. The van der Waals surface area contributed by atoms with E-state index < -0.39 is 0 Å². The first-order valence-electron chi connectivity index (χ1n) is 11.0. The number of carbonyl (C=O) groups excluding carboxylic acids is 1. The molecule has 2 aliphatic rings.